The molecule has 0 fully saturated rings. The molecule has 0 aromatic heterocycles. The minimum Gasteiger partial charge on any atom is -0.348 e. The van der Waals surface area contributed by atoms with Crippen LogP contribution in [0.3, 0.4) is 0 Å². The smallest absolute Gasteiger partial charge is 0.271 e. The molecule has 0 saturated heterocycles. The first kappa shape index (κ1) is 24.3. The van der Waals surface area contributed by atoms with Crippen LogP contribution >= 0.6 is 0 Å². The second-order valence-electron chi connectivity index (χ2n) is 7.99. The van der Waals surface area contributed by atoms with Crippen molar-refractivity contribution in [2.45, 2.75) is 53.6 Å². The molecule has 0 bridgehead atoms. The number of rotatable bonds is 7. The maximum atomic E-state index is 13.0. The number of sulfonamides is 1. The van der Waals surface area contributed by atoms with Crippen molar-refractivity contribution in [2.75, 3.05) is 10.6 Å². The number of nitrogens with zero attached hydrogens (tertiary/aromatic N) is 2. The summed E-state index contributed by atoms with van der Waals surface area (Å²) in [6.45, 7) is 10.9. The van der Waals surface area contributed by atoms with Crippen LogP contribution in [0.2, 0.25) is 0 Å². The summed E-state index contributed by atoms with van der Waals surface area (Å²) in [6, 6.07) is 6.56. The van der Waals surface area contributed by atoms with Crippen LogP contribution in [-0.2, 0) is 14.8 Å². The first-order chi connectivity index (χ1) is 14.2. The van der Waals surface area contributed by atoms with Gasteiger partial charge in [-0.1, -0.05) is 18.2 Å². The average Bonchev–Trinajstić information content (AvgIpc) is 2.64. The topological polar surface area (TPSA) is 110 Å². The number of hydrogen-bond donors (Lipinski definition) is 1. The molecule has 0 aliphatic heterocycles. The van der Waals surface area contributed by atoms with Crippen molar-refractivity contribution in [3.63, 3.8) is 0 Å². The number of nitrogens with one attached hydrogen (secondary N) is 1. The predicted molar refractivity (Wildman–Crippen MR) is 122 cm³/mol. The van der Waals surface area contributed by atoms with Crippen molar-refractivity contribution < 1.29 is 18.1 Å². The van der Waals surface area contributed by atoms with Gasteiger partial charge in [-0.05, 0) is 69.4 Å². The molecule has 0 heterocycles. The van der Waals surface area contributed by atoms with Gasteiger partial charge in [0, 0.05) is 12.1 Å². The predicted octanol–water partition coefficient (Wildman–Crippen LogP) is 3.86. The van der Waals surface area contributed by atoms with E-state index in [4.69, 9.17) is 0 Å². The Bertz CT molecular complexity index is 1130. The van der Waals surface area contributed by atoms with Crippen LogP contribution in [0.5, 0.6) is 0 Å². The molecule has 0 aliphatic rings. The third kappa shape index (κ3) is 5.41. The molecule has 0 spiro atoms. The lowest BCUT2D eigenvalue weighted by atomic mass is 9.96. The Balaban J connectivity index is 2.40. The maximum Gasteiger partial charge on any atom is 0.271 e. The van der Waals surface area contributed by atoms with Crippen molar-refractivity contribution in [1.82, 2.24) is 5.32 Å². The summed E-state index contributed by atoms with van der Waals surface area (Å²) in [4.78, 5) is 23.6. The molecule has 2 aromatic rings. The lowest BCUT2D eigenvalue weighted by Gasteiger charge is -2.30. The van der Waals surface area contributed by atoms with Gasteiger partial charge >= 0.3 is 0 Å². The van der Waals surface area contributed by atoms with Crippen LogP contribution in [0.1, 0.15) is 47.7 Å². The molecule has 8 nitrogen and oxygen atoms in total. The van der Waals surface area contributed by atoms with Gasteiger partial charge in [0.05, 0.1) is 22.9 Å². The molecule has 0 aliphatic carbocycles. The monoisotopic (exact) mass is 447 g/mol. The summed E-state index contributed by atoms with van der Waals surface area (Å²) >= 11 is 0. The van der Waals surface area contributed by atoms with Gasteiger partial charge in [0.2, 0.25) is 15.9 Å². The largest absolute Gasteiger partial charge is 0.348 e. The number of nitro benzene ring substituents is 1. The Hall–Kier alpha value is -2.94. The fourth-order valence-electron chi connectivity index (χ4n) is 3.59. The van der Waals surface area contributed by atoms with Gasteiger partial charge in [0.15, 0.2) is 0 Å². The fraction of sp³-hybridized carbons (Fsp3) is 0.409. The zero-order chi connectivity index (χ0) is 23.7. The Labute approximate surface area is 183 Å². The van der Waals surface area contributed by atoms with Gasteiger partial charge < -0.3 is 5.32 Å². The molecule has 1 amide bonds. The SMILES string of the molecule is Cc1cc(C)c([C@@H](C)NC(=O)[C@@H](C)N(c2cc([N+](=O)[O-])ccc2C)S(C)(=O)=O)cc1C. The number of nitro groups is 1. The highest BCUT2D eigenvalue weighted by Crippen LogP contribution is 2.30. The molecule has 2 atom stereocenters. The molecule has 9 heteroatoms. The Morgan fingerprint density at radius 1 is 1.00 bits per heavy atom. The lowest BCUT2D eigenvalue weighted by Crippen LogP contribution is -2.48. The van der Waals surface area contributed by atoms with Crippen molar-refractivity contribution in [2.24, 2.45) is 0 Å². The first-order valence-corrected chi connectivity index (χ1v) is 11.7. The lowest BCUT2D eigenvalue weighted by molar-refractivity contribution is -0.384. The van der Waals surface area contributed by atoms with E-state index in [1.807, 2.05) is 39.8 Å². The zero-order valence-corrected chi connectivity index (χ0v) is 19.7. The highest BCUT2D eigenvalue weighted by Gasteiger charge is 2.32. The second-order valence-corrected chi connectivity index (χ2v) is 9.85. The van der Waals surface area contributed by atoms with E-state index in [0.717, 1.165) is 32.8 Å². The molecule has 0 radical (unpaired) electrons. The van der Waals surface area contributed by atoms with E-state index < -0.39 is 26.9 Å². The van der Waals surface area contributed by atoms with Crippen LogP contribution in [0.4, 0.5) is 11.4 Å². The number of non-ortho nitro benzene ring substituents is 1. The van der Waals surface area contributed by atoms with E-state index in [1.54, 1.807) is 6.92 Å². The van der Waals surface area contributed by atoms with Gasteiger partial charge in [-0.15, -0.1) is 0 Å². The van der Waals surface area contributed by atoms with E-state index in [9.17, 15) is 23.3 Å². The molecule has 31 heavy (non-hydrogen) atoms. The molecule has 2 aromatic carbocycles. The van der Waals surface area contributed by atoms with Crippen LogP contribution in [0.15, 0.2) is 30.3 Å². The fourth-order valence-corrected chi connectivity index (χ4v) is 4.82. The third-order valence-corrected chi connectivity index (χ3v) is 6.66. The number of carbonyl (C=O) groups excluding carboxylic acids is 1. The van der Waals surface area contributed by atoms with E-state index in [1.165, 1.54) is 25.1 Å². The standard InChI is InChI=1S/C22H29N3O5S/c1-13-8-9-19(25(27)28)12-21(13)24(31(7,29)30)18(6)22(26)23-17(5)20-11-15(3)14(2)10-16(20)4/h8-12,17-18H,1-7H3,(H,23,26)/t17-,18-/m1/s1. The summed E-state index contributed by atoms with van der Waals surface area (Å²) < 4.78 is 26.1. The second kappa shape index (κ2) is 9.05. The minimum atomic E-state index is -3.90. The number of anilines is 1. The summed E-state index contributed by atoms with van der Waals surface area (Å²) in [5.74, 6) is -0.499. The number of carbonyl (C=O) groups is 1. The molecular weight excluding hydrogens is 418 g/mol. The Morgan fingerprint density at radius 3 is 2.13 bits per heavy atom. The van der Waals surface area contributed by atoms with Crippen molar-refractivity contribution >= 4 is 27.3 Å². The molecular formula is C22H29N3O5S. The van der Waals surface area contributed by atoms with E-state index in [2.05, 4.69) is 5.32 Å². The minimum absolute atomic E-state index is 0.106. The summed E-state index contributed by atoms with van der Waals surface area (Å²) in [5, 5.41) is 14.1. The normalized spacial score (nSPS) is 13.4. The summed E-state index contributed by atoms with van der Waals surface area (Å²) in [7, 11) is -3.90. The van der Waals surface area contributed by atoms with Crippen LogP contribution < -0.4 is 9.62 Å². The third-order valence-electron chi connectivity index (χ3n) is 5.44. The maximum absolute atomic E-state index is 13.0. The van der Waals surface area contributed by atoms with E-state index >= 15 is 0 Å². The number of benzene rings is 2. The van der Waals surface area contributed by atoms with Crippen molar-refractivity contribution in [3.05, 3.63) is 68.3 Å². The van der Waals surface area contributed by atoms with Gasteiger partial charge in [0.25, 0.3) is 5.69 Å². The molecule has 0 unspecified atom stereocenters. The van der Waals surface area contributed by atoms with E-state index in [0.29, 0.717) is 5.56 Å². The summed E-state index contributed by atoms with van der Waals surface area (Å²) in [5.41, 5.74) is 4.58. The van der Waals surface area contributed by atoms with Gasteiger partial charge in [-0.25, -0.2) is 8.42 Å². The van der Waals surface area contributed by atoms with Crippen molar-refractivity contribution in [3.8, 4) is 0 Å². The average molecular weight is 448 g/mol. The zero-order valence-electron chi connectivity index (χ0n) is 18.9. The van der Waals surface area contributed by atoms with Gasteiger partial charge in [0.1, 0.15) is 6.04 Å². The van der Waals surface area contributed by atoms with E-state index in [-0.39, 0.29) is 17.4 Å². The number of hydrogen-bond acceptors (Lipinski definition) is 5. The quantitative estimate of drug-likeness (QED) is 0.512. The van der Waals surface area contributed by atoms with Crippen LogP contribution in [-0.4, -0.2) is 31.5 Å². The van der Waals surface area contributed by atoms with Gasteiger partial charge in [-0.3, -0.25) is 19.2 Å². The Morgan fingerprint density at radius 2 is 1.58 bits per heavy atom. The first-order valence-electron chi connectivity index (χ1n) is 9.86. The summed E-state index contributed by atoms with van der Waals surface area (Å²) in [6.07, 6.45) is 0.978. The van der Waals surface area contributed by atoms with Crippen molar-refractivity contribution in [1.29, 1.82) is 0 Å². The Kier molecular flexibility index (Phi) is 7.10. The van der Waals surface area contributed by atoms with Crippen LogP contribution in [0, 0.1) is 37.8 Å². The highest BCUT2D eigenvalue weighted by atomic mass is 32.2. The molecule has 168 valence electrons. The number of aryl methyl sites for hydroxylation is 4. The molecule has 2 rings (SSSR count). The van der Waals surface area contributed by atoms with Crippen LogP contribution in [0.25, 0.3) is 0 Å². The highest BCUT2D eigenvalue weighted by molar-refractivity contribution is 7.92. The van der Waals surface area contributed by atoms with Gasteiger partial charge in [-0.2, -0.15) is 0 Å². The molecule has 1 N–H and O–H groups in total. The number of amides is 1. The molecule has 0 saturated carbocycles.